The number of nitrogens with zero attached hydrogens (tertiary/aromatic N) is 1. The van der Waals surface area contributed by atoms with Gasteiger partial charge in [-0.15, -0.1) is 0 Å². The molecule has 1 aliphatic heterocycles. The van der Waals surface area contributed by atoms with E-state index in [1.54, 1.807) is 0 Å². The molecule has 34 heavy (non-hydrogen) atoms. The maximum Gasteiger partial charge on any atom is 0.416 e. The number of piperidine rings is 1. The van der Waals surface area contributed by atoms with Crippen LogP contribution < -0.4 is 0 Å². The number of hydrogen-bond acceptors (Lipinski definition) is 3. The monoisotopic (exact) mass is 507 g/mol. The van der Waals surface area contributed by atoms with Crippen LogP contribution in [0.3, 0.4) is 0 Å². The molecule has 0 N–H and O–H groups in total. The van der Waals surface area contributed by atoms with E-state index in [-0.39, 0.29) is 25.3 Å². The zero-order chi connectivity index (χ0) is 25.7. The summed E-state index contributed by atoms with van der Waals surface area (Å²) >= 11 is 0. The van der Waals surface area contributed by atoms with Crippen molar-refractivity contribution in [2.45, 2.75) is 75.6 Å². The summed E-state index contributed by atoms with van der Waals surface area (Å²) < 4.78 is 121. The van der Waals surface area contributed by atoms with Gasteiger partial charge < -0.3 is 4.74 Å². The minimum Gasteiger partial charge on any atom is -0.469 e. The van der Waals surface area contributed by atoms with Crippen molar-refractivity contribution in [3.8, 4) is 0 Å². The maximum absolute atomic E-state index is 13.0. The predicted molar refractivity (Wildman–Crippen MR) is 105 cm³/mol. The van der Waals surface area contributed by atoms with Crippen LogP contribution in [0.5, 0.6) is 0 Å². The standard InChI is InChI=1S/C22H26F9NO2/c1-34-19(33)13-14-8-11-32(17(6-9-20(23,24)25)7-10-21(26,27)28)18(12-14)15-2-4-16(5-3-15)22(29,30)31/h2-5,14,17-18H,6-13H2,1H3/t14?,18-/m0/s1. The SMILES string of the molecule is COC(=O)CC1CCN(C(CCC(F)(F)F)CCC(F)(F)F)[C@H](c2ccc(C(F)(F)F)cc2)C1. The van der Waals surface area contributed by atoms with Gasteiger partial charge >= 0.3 is 24.5 Å². The first-order chi connectivity index (χ1) is 15.6. The second kappa shape index (κ2) is 11.2. The van der Waals surface area contributed by atoms with Crippen LogP contribution in [0.1, 0.15) is 62.1 Å². The van der Waals surface area contributed by atoms with Gasteiger partial charge in [0.25, 0.3) is 0 Å². The molecule has 2 atom stereocenters. The Morgan fingerprint density at radius 3 is 1.94 bits per heavy atom. The van der Waals surface area contributed by atoms with Crippen molar-refractivity contribution in [3.05, 3.63) is 35.4 Å². The van der Waals surface area contributed by atoms with Crippen molar-refractivity contribution in [1.82, 2.24) is 4.90 Å². The zero-order valence-corrected chi connectivity index (χ0v) is 18.4. The van der Waals surface area contributed by atoms with Gasteiger partial charge in [-0.1, -0.05) is 12.1 Å². The average Bonchev–Trinajstić information content (AvgIpc) is 2.72. The van der Waals surface area contributed by atoms with Crippen LogP contribution in [0.15, 0.2) is 24.3 Å². The third kappa shape index (κ3) is 8.99. The summed E-state index contributed by atoms with van der Waals surface area (Å²) in [6.07, 6.45) is -16.9. The van der Waals surface area contributed by atoms with Crippen LogP contribution >= 0.6 is 0 Å². The third-order valence-electron chi connectivity index (χ3n) is 6.05. The minimum atomic E-state index is -4.60. The first-order valence-corrected chi connectivity index (χ1v) is 10.7. The lowest BCUT2D eigenvalue weighted by molar-refractivity contribution is -0.148. The Bertz CT molecular complexity index is 770. The average molecular weight is 507 g/mol. The molecule has 12 heteroatoms. The van der Waals surface area contributed by atoms with Crippen LogP contribution in [0.4, 0.5) is 39.5 Å². The van der Waals surface area contributed by atoms with Crippen molar-refractivity contribution in [2.75, 3.05) is 13.7 Å². The molecular weight excluding hydrogens is 481 g/mol. The Morgan fingerprint density at radius 2 is 1.50 bits per heavy atom. The predicted octanol–water partition coefficient (Wildman–Crippen LogP) is 7.08. The van der Waals surface area contributed by atoms with Gasteiger partial charge in [0.05, 0.1) is 12.7 Å². The fraction of sp³-hybridized carbons (Fsp3) is 0.682. The van der Waals surface area contributed by atoms with Crippen LogP contribution in [0, 0.1) is 5.92 Å². The molecule has 1 heterocycles. The number of carbonyl (C=O) groups excluding carboxylic acids is 1. The summed E-state index contributed by atoms with van der Waals surface area (Å²) in [7, 11) is 1.19. The minimum absolute atomic E-state index is 0.00273. The molecule has 0 aromatic heterocycles. The Balaban J connectivity index is 2.35. The number of ether oxygens (including phenoxy) is 1. The summed E-state index contributed by atoms with van der Waals surface area (Å²) in [5.41, 5.74) is -0.581. The number of alkyl halides is 9. The third-order valence-corrected chi connectivity index (χ3v) is 6.05. The number of benzene rings is 1. The first kappa shape index (κ1) is 28.3. The van der Waals surface area contributed by atoms with Gasteiger partial charge in [0.1, 0.15) is 0 Å². The summed E-state index contributed by atoms with van der Waals surface area (Å²) in [5.74, 6) is -0.794. The molecule has 0 aliphatic carbocycles. The molecule has 1 fully saturated rings. The number of carbonyl (C=O) groups is 1. The molecule has 1 aromatic carbocycles. The van der Waals surface area contributed by atoms with E-state index in [9.17, 15) is 44.3 Å². The van der Waals surface area contributed by atoms with Crippen LogP contribution in [0.2, 0.25) is 0 Å². The van der Waals surface area contributed by atoms with E-state index in [0.717, 1.165) is 12.1 Å². The van der Waals surface area contributed by atoms with Gasteiger partial charge in [0.15, 0.2) is 0 Å². The number of methoxy groups -OCH3 is 1. The molecule has 3 nitrogen and oxygen atoms in total. The number of likely N-dealkylation sites (tertiary alicyclic amines) is 1. The van der Waals surface area contributed by atoms with Gasteiger partial charge in [-0.2, -0.15) is 39.5 Å². The molecule has 0 saturated carbocycles. The van der Waals surface area contributed by atoms with Crippen LogP contribution in [-0.4, -0.2) is 42.9 Å². The number of halogens is 9. The van der Waals surface area contributed by atoms with E-state index in [2.05, 4.69) is 4.74 Å². The summed E-state index contributed by atoms with van der Waals surface area (Å²) in [6.45, 7) is 0.105. The van der Waals surface area contributed by atoms with Gasteiger partial charge in [-0.25, -0.2) is 0 Å². The maximum atomic E-state index is 13.0. The smallest absolute Gasteiger partial charge is 0.416 e. The fourth-order valence-electron chi connectivity index (χ4n) is 4.36. The summed E-state index contributed by atoms with van der Waals surface area (Å²) in [5, 5.41) is 0. The largest absolute Gasteiger partial charge is 0.469 e. The van der Waals surface area contributed by atoms with Gasteiger partial charge in [0.2, 0.25) is 0 Å². The highest BCUT2D eigenvalue weighted by Crippen LogP contribution is 2.41. The molecule has 1 unspecified atom stereocenters. The molecule has 1 aromatic rings. The van der Waals surface area contributed by atoms with Crippen LogP contribution in [-0.2, 0) is 15.7 Å². The van der Waals surface area contributed by atoms with Gasteiger partial charge in [0, 0.05) is 31.3 Å². The molecule has 1 aliphatic rings. The first-order valence-electron chi connectivity index (χ1n) is 10.7. The molecule has 1 saturated heterocycles. The van der Waals surface area contributed by atoms with Crippen molar-refractivity contribution in [1.29, 1.82) is 0 Å². The highest BCUT2D eigenvalue weighted by Gasteiger charge is 2.39. The van der Waals surface area contributed by atoms with Crippen molar-refractivity contribution in [3.63, 3.8) is 0 Å². The highest BCUT2D eigenvalue weighted by molar-refractivity contribution is 5.69. The van der Waals surface area contributed by atoms with E-state index >= 15 is 0 Å². The lowest BCUT2D eigenvalue weighted by Crippen LogP contribution is -2.45. The second-order valence-corrected chi connectivity index (χ2v) is 8.51. The van der Waals surface area contributed by atoms with Crippen molar-refractivity contribution >= 4 is 5.97 Å². The highest BCUT2D eigenvalue weighted by atomic mass is 19.4. The molecule has 0 amide bonds. The Morgan fingerprint density at radius 1 is 0.971 bits per heavy atom. The van der Waals surface area contributed by atoms with E-state index < -0.39 is 67.8 Å². The second-order valence-electron chi connectivity index (χ2n) is 8.51. The lowest BCUT2D eigenvalue weighted by atomic mass is 9.83. The molecule has 2 rings (SSSR count). The molecular formula is C22H26F9NO2. The molecule has 0 radical (unpaired) electrons. The van der Waals surface area contributed by atoms with E-state index in [0.29, 0.717) is 12.0 Å². The normalized spacial score (nSPS) is 20.6. The molecule has 0 bridgehead atoms. The molecule has 194 valence electrons. The zero-order valence-electron chi connectivity index (χ0n) is 18.4. The van der Waals surface area contributed by atoms with Crippen molar-refractivity contribution < 1.29 is 49.0 Å². The molecule has 0 spiro atoms. The van der Waals surface area contributed by atoms with Gasteiger partial charge in [-0.3, -0.25) is 9.69 Å². The number of hydrogen-bond donors (Lipinski definition) is 0. The Labute approximate surface area is 191 Å². The summed E-state index contributed by atoms with van der Waals surface area (Å²) in [4.78, 5) is 13.2. The Kier molecular flexibility index (Phi) is 9.29. The number of rotatable bonds is 8. The topological polar surface area (TPSA) is 29.5 Å². The van der Waals surface area contributed by atoms with Crippen LogP contribution in [0.25, 0.3) is 0 Å². The fourth-order valence-corrected chi connectivity index (χ4v) is 4.36. The lowest BCUT2D eigenvalue weighted by Gasteiger charge is -2.44. The quantitative estimate of drug-likeness (QED) is 0.278. The van der Waals surface area contributed by atoms with E-state index in [1.165, 1.54) is 24.1 Å². The number of esters is 1. The van der Waals surface area contributed by atoms with Crippen molar-refractivity contribution in [2.24, 2.45) is 5.92 Å². The van der Waals surface area contributed by atoms with E-state index in [1.807, 2.05) is 0 Å². The van der Waals surface area contributed by atoms with Gasteiger partial charge in [-0.05, 0) is 55.8 Å². The summed E-state index contributed by atoms with van der Waals surface area (Å²) in [6, 6.07) is 2.21. The van der Waals surface area contributed by atoms with E-state index in [4.69, 9.17) is 0 Å². The Hall–Kier alpha value is -1.98.